The van der Waals surface area contributed by atoms with Gasteiger partial charge in [-0.2, -0.15) is 0 Å². The van der Waals surface area contributed by atoms with Gasteiger partial charge in [-0.3, -0.25) is 9.69 Å². The molecule has 1 amide bonds. The predicted molar refractivity (Wildman–Crippen MR) is 114 cm³/mol. The van der Waals surface area contributed by atoms with Crippen molar-refractivity contribution in [1.29, 1.82) is 0 Å². The molecule has 0 radical (unpaired) electrons. The second-order valence-corrected chi connectivity index (χ2v) is 7.86. The van der Waals surface area contributed by atoms with Gasteiger partial charge in [-0.05, 0) is 62.5 Å². The number of hydrogen-bond acceptors (Lipinski definition) is 3. The highest BCUT2D eigenvalue weighted by atomic mass is 35.5. The van der Waals surface area contributed by atoms with Gasteiger partial charge in [-0.25, -0.2) is 4.39 Å². The van der Waals surface area contributed by atoms with E-state index in [1.165, 1.54) is 6.07 Å². The summed E-state index contributed by atoms with van der Waals surface area (Å²) in [5, 5.41) is 3.52. The van der Waals surface area contributed by atoms with E-state index in [1.807, 2.05) is 18.2 Å². The number of benzene rings is 2. The van der Waals surface area contributed by atoms with Gasteiger partial charge >= 0.3 is 0 Å². The summed E-state index contributed by atoms with van der Waals surface area (Å²) in [6, 6.07) is 12.7. The molecular weight excluding hydrogens is 391 g/mol. The van der Waals surface area contributed by atoms with Crippen LogP contribution < -0.4 is 10.1 Å². The molecule has 0 aliphatic carbocycles. The Morgan fingerprint density at radius 1 is 1.21 bits per heavy atom. The standard InChI is InChI=1S/C23H28ClFN2O2/c1-29-22-10-3-2-6-17(22)7-5-13-26-23(28)18-11-14-27(15-12-18)16-19-20(24)8-4-9-21(19)25/h2-4,6,8-10,18H,5,7,11-16H2,1H3,(H,26,28). The lowest BCUT2D eigenvalue weighted by Crippen LogP contribution is -2.40. The van der Waals surface area contributed by atoms with Crippen LogP contribution in [0.1, 0.15) is 30.4 Å². The minimum atomic E-state index is -0.271. The number of methoxy groups -OCH3 is 1. The summed E-state index contributed by atoms with van der Waals surface area (Å²) in [5.74, 6) is 0.760. The Bertz CT molecular complexity index is 802. The molecule has 1 aliphatic heterocycles. The van der Waals surface area contributed by atoms with Crippen LogP contribution in [0.4, 0.5) is 4.39 Å². The molecule has 2 aromatic rings. The fourth-order valence-electron chi connectivity index (χ4n) is 3.80. The summed E-state index contributed by atoms with van der Waals surface area (Å²) in [6.07, 6.45) is 3.30. The van der Waals surface area contributed by atoms with Gasteiger partial charge < -0.3 is 10.1 Å². The Morgan fingerprint density at radius 3 is 2.69 bits per heavy atom. The van der Waals surface area contributed by atoms with Gasteiger partial charge in [0.25, 0.3) is 0 Å². The Balaban J connectivity index is 1.39. The molecule has 2 aromatic carbocycles. The molecule has 0 aromatic heterocycles. The van der Waals surface area contributed by atoms with E-state index in [-0.39, 0.29) is 17.6 Å². The third-order valence-electron chi connectivity index (χ3n) is 5.52. The molecule has 4 nitrogen and oxygen atoms in total. The van der Waals surface area contributed by atoms with Gasteiger partial charge in [0.2, 0.25) is 5.91 Å². The van der Waals surface area contributed by atoms with Crippen molar-refractivity contribution < 1.29 is 13.9 Å². The second kappa shape index (κ2) is 10.6. The van der Waals surface area contributed by atoms with Crippen molar-refractivity contribution in [3.63, 3.8) is 0 Å². The normalized spacial score (nSPS) is 15.3. The summed E-state index contributed by atoms with van der Waals surface area (Å²) in [7, 11) is 1.67. The molecule has 0 saturated carbocycles. The number of rotatable bonds is 8. The Hall–Kier alpha value is -2.11. The first kappa shape index (κ1) is 21.6. The number of amides is 1. The average molecular weight is 419 g/mol. The first-order valence-electron chi connectivity index (χ1n) is 10.1. The maximum Gasteiger partial charge on any atom is 0.223 e. The molecule has 0 atom stereocenters. The third-order valence-corrected chi connectivity index (χ3v) is 5.87. The Morgan fingerprint density at radius 2 is 1.97 bits per heavy atom. The molecule has 1 aliphatic rings. The number of carbonyl (C=O) groups excluding carboxylic acids is 1. The van der Waals surface area contributed by atoms with Gasteiger partial charge in [-0.15, -0.1) is 0 Å². The van der Waals surface area contributed by atoms with E-state index in [0.29, 0.717) is 23.7 Å². The number of likely N-dealkylation sites (tertiary alicyclic amines) is 1. The fourth-order valence-corrected chi connectivity index (χ4v) is 4.03. The first-order valence-corrected chi connectivity index (χ1v) is 10.5. The van der Waals surface area contributed by atoms with E-state index in [1.54, 1.807) is 19.2 Å². The fraction of sp³-hybridized carbons (Fsp3) is 0.435. The Labute approximate surface area is 177 Å². The maximum atomic E-state index is 14.0. The average Bonchev–Trinajstić information content (AvgIpc) is 2.74. The van der Waals surface area contributed by atoms with E-state index in [0.717, 1.165) is 50.1 Å². The molecule has 6 heteroatoms. The SMILES string of the molecule is COc1ccccc1CCCNC(=O)C1CCN(Cc2c(F)cccc2Cl)CC1. The molecule has 1 fully saturated rings. The number of para-hydroxylation sites is 1. The molecule has 0 bridgehead atoms. The van der Waals surface area contributed by atoms with E-state index in [2.05, 4.69) is 16.3 Å². The third kappa shape index (κ3) is 5.94. The smallest absolute Gasteiger partial charge is 0.223 e. The van der Waals surface area contributed by atoms with Gasteiger partial charge in [-0.1, -0.05) is 35.9 Å². The molecule has 3 rings (SSSR count). The lowest BCUT2D eigenvalue weighted by molar-refractivity contribution is -0.126. The topological polar surface area (TPSA) is 41.6 Å². The zero-order valence-corrected chi connectivity index (χ0v) is 17.6. The summed E-state index contributed by atoms with van der Waals surface area (Å²) in [5.41, 5.74) is 1.69. The van der Waals surface area contributed by atoms with Crippen LogP contribution in [-0.2, 0) is 17.8 Å². The van der Waals surface area contributed by atoms with Crippen LogP contribution in [0, 0.1) is 11.7 Å². The minimum absolute atomic E-state index is 0.0219. The number of halogens is 2. The molecule has 1 heterocycles. The molecular formula is C23H28ClFN2O2. The molecule has 1 saturated heterocycles. The number of nitrogens with one attached hydrogen (secondary N) is 1. The lowest BCUT2D eigenvalue weighted by Gasteiger charge is -2.31. The van der Waals surface area contributed by atoms with E-state index in [4.69, 9.17) is 16.3 Å². The number of ether oxygens (including phenoxy) is 1. The summed E-state index contributed by atoms with van der Waals surface area (Å²) < 4.78 is 19.3. The predicted octanol–water partition coefficient (Wildman–Crippen LogP) is 4.45. The minimum Gasteiger partial charge on any atom is -0.496 e. The maximum absolute atomic E-state index is 14.0. The van der Waals surface area contributed by atoms with Crippen LogP contribution in [0.2, 0.25) is 5.02 Å². The van der Waals surface area contributed by atoms with Crippen LogP contribution in [-0.4, -0.2) is 37.6 Å². The number of hydrogen-bond donors (Lipinski definition) is 1. The van der Waals surface area contributed by atoms with E-state index < -0.39 is 0 Å². The van der Waals surface area contributed by atoms with Crippen LogP contribution in [0.15, 0.2) is 42.5 Å². The highest BCUT2D eigenvalue weighted by Crippen LogP contribution is 2.24. The Kier molecular flexibility index (Phi) is 7.90. The van der Waals surface area contributed by atoms with Crippen molar-refractivity contribution in [3.05, 3.63) is 64.4 Å². The van der Waals surface area contributed by atoms with Gasteiger partial charge in [0.15, 0.2) is 0 Å². The van der Waals surface area contributed by atoms with Crippen LogP contribution in [0.25, 0.3) is 0 Å². The van der Waals surface area contributed by atoms with Crippen LogP contribution in [0.5, 0.6) is 5.75 Å². The van der Waals surface area contributed by atoms with Gasteiger partial charge in [0, 0.05) is 29.6 Å². The number of nitrogens with zero attached hydrogens (tertiary/aromatic N) is 1. The molecule has 0 unspecified atom stereocenters. The lowest BCUT2D eigenvalue weighted by atomic mass is 9.95. The zero-order chi connectivity index (χ0) is 20.6. The monoisotopic (exact) mass is 418 g/mol. The largest absolute Gasteiger partial charge is 0.496 e. The number of carbonyl (C=O) groups is 1. The highest BCUT2D eigenvalue weighted by molar-refractivity contribution is 6.31. The van der Waals surface area contributed by atoms with Crippen molar-refractivity contribution in [2.45, 2.75) is 32.2 Å². The van der Waals surface area contributed by atoms with E-state index >= 15 is 0 Å². The van der Waals surface area contributed by atoms with Crippen molar-refractivity contribution in [1.82, 2.24) is 10.2 Å². The second-order valence-electron chi connectivity index (χ2n) is 7.46. The number of piperidine rings is 1. The van der Waals surface area contributed by atoms with E-state index in [9.17, 15) is 9.18 Å². The quantitative estimate of drug-likeness (QED) is 0.644. The molecule has 0 spiro atoms. The van der Waals surface area contributed by atoms with Crippen molar-refractivity contribution in [2.75, 3.05) is 26.7 Å². The van der Waals surface area contributed by atoms with Gasteiger partial charge in [0.1, 0.15) is 11.6 Å². The van der Waals surface area contributed by atoms with Gasteiger partial charge in [0.05, 0.1) is 7.11 Å². The zero-order valence-electron chi connectivity index (χ0n) is 16.8. The number of aryl methyl sites for hydroxylation is 1. The van der Waals surface area contributed by atoms with Crippen molar-refractivity contribution >= 4 is 17.5 Å². The van der Waals surface area contributed by atoms with Crippen LogP contribution in [0.3, 0.4) is 0 Å². The van der Waals surface area contributed by atoms with Crippen molar-refractivity contribution in [2.24, 2.45) is 5.92 Å². The summed E-state index contributed by atoms with van der Waals surface area (Å²) in [4.78, 5) is 14.6. The van der Waals surface area contributed by atoms with Crippen molar-refractivity contribution in [3.8, 4) is 5.75 Å². The highest BCUT2D eigenvalue weighted by Gasteiger charge is 2.25. The molecule has 156 valence electrons. The molecule has 29 heavy (non-hydrogen) atoms. The summed E-state index contributed by atoms with van der Waals surface area (Å²) >= 11 is 6.12. The summed E-state index contributed by atoms with van der Waals surface area (Å²) in [6.45, 7) is 2.68. The first-order chi connectivity index (χ1) is 14.1. The van der Waals surface area contributed by atoms with Crippen LogP contribution >= 0.6 is 11.6 Å². The molecule has 1 N–H and O–H groups in total.